The van der Waals surface area contributed by atoms with Crippen molar-refractivity contribution in [3.8, 4) is 0 Å². The fraction of sp³-hybridized carbons (Fsp3) is 0.941. The zero-order valence-electron chi connectivity index (χ0n) is 14.9. The fourth-order valence-electron chi connectivity index (χ4n) is 2.63. The first-order valence-electron chi connectivity index (χ1n) is 8.57. The third kappa shape index (κ3) is 6.62. The Hall–Kier alpha value is -0.730. The lowest BCUT2D eigenvalue weighted by Gasteiger charge is -2.39. The molecule has 120 valence electrons. The second kappa shape index (κ2) is 11.0. The summed E-state index contributed by atoms with van der Waals surface area (Å²) in [5, 5.41) is 0. The van der Waals surface area contributed by atoms with Crippen molar-refractivity contribution in [2.24, 2.45) is 4.99 Å². The van der Waals surface area contributed by atoms with Crippen molar-refractivity contribution in [1.82, 2.24) is 9.80 Å². The molecule has 0 radical (unpaired) electrons. The maximum atomic E-state index is 4.95. The summed E-state index contributed by atoms with van der Waals surface area (Å²) < 4.78 is 0. The summed E-state index contributed by atoms with van der Waals surface area (Å²) in [7, 11) is 0. The molecule has 0 bridgehead atoms. The smallest absolute Gasteiger partial charge is 0.197 e. The molecule has 0 aromatic rings. The number of aliphatic imine (C=N–C) groups is 1. The summed E-state index contributed by atoms with van der Waals surface area (Å²) in [6, 6.07) is 0.981. The monoisotopic (exact) mass is 283 g/mol. The highest BCUT2D eigenvalue weighted by Gasteiger charge is 2.21. The molecule has 0 saturated carbocycles. The van der Waals surface area contributed by atoms with Gasteiger partial charge in [-0.2, -0.15) is 0 Å². The van der Waals surface area contributed by atoms with Crippen molar-refractivity contribution in [2.75, 3.05) is 19.6 Å². The molecule has 0 heterocycles. The average Bonchev–Trinajstić information content (AvgIpc) is 2.38. The molecule has 0 unspecified atom stereocenters. The second-order valence-corrected chi connectivity index (χ2v) is 6.01. The van der Waals surface area contributed by atoms with Gasteiger partial charge in [-0.15, -0.1) is 0 Å². The van der Waals surface area contributed by atoms with E-state index >= 15 is 0 Å². The maximum Gasteiger partial charge on any atom is 0.197 e. The van der Waals surface area contributed by atoms with Crippen LogP contribution in [0.1, 0.15) is 74.1 Å². The van der Waals surface area contributed by atoms with Crippen molar-refractivity contribution >= 4 is 5.96 Å². The normalized spacial score (nSPS) is 12.3. The summed E-state index contributed by atoms with van der Waals surface area (Å²) in [5.74, 6) is 1.19. The van der Waals surface area contributed by atoms with Gasteiger partial charge in [0.05, 0.1) is 0 Å². The predicted molar refractivity (Wildman–Crippen MR) is 91.5 cm³/mol. The van der Waals surface area contributed by atoms with E-state index < -0.39 is 0 Å². The van der Waals surface area contributed by atoms with Gasteiger partial charge in [-0.05, 0) is 48.0 Å². The van der Waals surface area contributed by atoms with E-state index in [1.165, 1.54) is 31.6 Å². The molecule has 0 amide bonds. The van der Waals surface area contributed by atoms with E-state index in [0.717, 1.165) is 19.6 Å². The minimum absolute atomic E-state index is 0.491. The zero-order chi connectivity index (χ0) is 15.5. The number of nitrogens with zero attached hydrogens (tertiary/aromatic N) is 3. The SMILES string of the molecule is CCCCCCN=C(N(CC)CC)N(C(C)C)C(C)C. The molecule has 0 N–H and O–H groups in total. The minimum atomic E-state index is 0.491. The van der Waals surface area contributed by atoms with Crippen LogP contribution in [-0.4, -0.2) is 47.5 Å². The Morgan fingerprint density at radius 3 is 1.80 bits per heavy atom. The third-order valence-corrected chi connectivity index (χ3v) is 3.65. The number of guanidine groups is 1. The van der Waals surface area contributed by atoms with E-state index in [9.17, 15) is 0 Å². The van der Waals surface area contributed by atoms with Crippen LogP contribution in [0.5, 0.6) is 0 Å². The topological polar surface area (TPSA) is 18.8 Å². The van der Waals surface area contributed by atoms with E-state index in [2.05, 4.69) is 58.3 Å². The summed E-state index contributed by atoms with van der Waals surface area (Å²) in [5.41, 5.74) is 0. The summed E-state index contributed by atoms with van der Waals surface area (Å²) >= 11 is 0. The van der Waals surface area contributed by atoms with Gasteiger partial charge in [0.15, 0.2) is 5.96 Å². The lowest BCUT2D eigenvalue weighted by molar-refractivity contribution is 0.244. The lowest BCUT2D eigenvalue weighted by atomic mass is 10.2. The van der Waals surface area contributed by atoms with Crippen LogP contribution in [0, 0.1) is 0 Å². The Balaban J connectivity index is 4.90. The Kier molecular flexibility index (Phi) is 10.6. The van der Waals surface area contributed by atoms with Crippen molar-refractivity contribution < 1.29 is 0 Å². The molecule has 0 spiro atoms. The molecule has 0 saturated heterocycles. The highest BCUT2D eigenvalue weighted by Crippen LogP contribution is 2.11. The number of hydrogen-bond donors (Lipinski definition) is 0. The van der Waals surface area contributed by atoms with E-state index in [4.69, 9.17) is 4.99 Å². The molecule has 0 aliphatic carbocycles. The fourth-order valence-corrected chi connectivity index (χ4v) is 2.63. The van der Waals surface area contributed by atoms with Crippen LogP contribution in [0.2, 0.25) is 0 Å². The van der Waals surface area contributed by atoms with E-state index in [1.807, 2.05) is 0 Å². The molecule has 0 atom stereocenters. The predicted octanol–water partition coefficient (Wildman–Crippen LogP) is 4.38. The molecule has 0 aromatic heterocycles. The van der Waals surface area contributed by atoms with E-state index in [0.29, 0.717) is 12.1 Å². The van der Waals surface area contributed by atoms with Gasteiger partial charge < -0.3 is 9.80 Å². The molecular weight excluding hydrogens is 246 g/mol. The van der Waals surface area contributed by atoms with Crippen molar-refractivity contribution in [3.05, 3.63) is 0 Å². The van der Waals surface area contributed by atoms with Crippen molar-refractivity contribution in [3.63, 3.8) is 0 Å². The van der Waals surface area contributed by atoms with Crippen LogP contribution in [0.15, 0.2) is 4.99 Å². The lowest BCUT2D eigenvalue weighted by Crippen LogP contribution is -2.50. The van der Waals surface area contributed by atoms with Crippen LogP contribution in [0.25, 0.3) is 0 Å². The highest BCUT2D eigenvalue weighted by molar-refractivity contribution is 5.80. The van der Waals surface area contributed by atoms with Gasteiger partial charge in [-0.3, -0.25) is 4.99 Å². The quantitative estimate of drug-likeness (QED) is 0.355. The number of unbranched alkanes of at least 4 members (excludes halogenated alkanes) is 3. The van der Waals surface area contributed by atoms with Gasteiger partial charge in [0.2, 0.25) is 0 Å². The maximum absolute atomic E-state index is 4.95. The zero-order valence-corrected chi connectivity index (χ0v) is 14.9. The molecule has 0 aliphatic heterocycles. The van der Waals surface area contributed by atoms with E-state index in [-0.39, 0.29) is 0 Å². The third-order valence-electron chi connectivity index (χ3n) is 3.65. The van der Waals surface area contributed by atoms with Crippen LogP contribution in [-0.2, 0) is 0 Å². The first kappa shape index (κ1) is 19.3. The Bertz CT molecular complexity index is 247. The van der Waals surface area contributed by atoms with Gasteiger partial charge in [-0.1, -0.05) is 26.2 Å². The van der Waals surface area contributed by atoms with Gasteiger partial charge in [-0.25, -0.2) is 0 Å². The molecule has 0 aliphatic rings. The van der Waals surface area contributed by atoms with Gasteiger partial charge in [0, 0.05) is 31.7 Å². The minimum Gasteiger partial charge on any atom is -0.343 e. The Morgan fingerprint density at radius 2 is 1.40 bits per heavy atom. The second-order valence-electron chi connectivity index (χ2n) is 6.01. The molecule has 3 nitrogen and oxygen atoms in total. The number of hydrogen-bond acceptors (Lipinski definition) is 1. The summed E-state index contributed by atoms with van der Waals surface area (Å²) in [6.45, 7) is 18.7. The number of rotatable bonds is 9. The van der Waals surface area contributed by atoms with Gasteiger partial charge >= 0.3 is 0 Å². The van der Waals surface area contributed by atoms with Crippen molar-refractivity contribution in [1.29, 1.82) is 0 Å². The molecule has 0 aromatic carbocycles. The van der Waals surface area contributed by atoms with Crippen molar-refractivity contribution in [2.45, 2.75) is 86.2 Å². The van der Waals surface area contributed by atoms with Crippen LogP contribution < -0.4 is 0 Å². The van der Waals surface area contributed by atoms with Crippen LogP contribution in [0.3, 0.4) is 0 Å². The largest absolute Gasteiger partial charge is 0.343 e. The Morgan fingerprint density at radius 1 is 0.850 bits per heavy atom. The summed E-state index contributed by atoms with van der Waals surface area (Å²) in [6.07, 6.45) is 5.13. The first-order valence-corrected chi connectivity index (χ1v) is 8.57. The first-order chi connectivity index (χ1) is 9.49. The molecule has 20 heavy (non-hydrogen) atoms. The van der Waals surface area contributed by atoms with Gasteiger partial charge in [0.1, 0.15) is 0 Å². The highest BCUT2D eigenvalue weighted by atomic mass is 15.4. The molecule has 0 fully saturated rings. The molecular formula is C17H37N3. The van der Waals surface area contributed by atoms with Gasteiger partial charge in [0.25, 0.3) is 0 Å². The Labute approximate surface area is 127 Å². The standard InChI is InChI=1S/C17H37N3/c1-8-11-12-13-14-18-17(19(9-2)10-3)20(15(4)5)16(6)7/h15-16H,8-14H2,1-7H3. The average molecular weight is 284 g/mol. The summed E-state index contributed by atoms with van der Waals surface area (Å²) in [4.78, 5) is 9.79. The molecule has 0 rings (SSSR count). The van der Waals surface area contributed by atoms with Crippen LogP contribution >= 0.6 is 0 Å². The van der Waals surface area contributed by atoms with Crippen LogP contribution in [0.4, 0.5) is 0 Å². The molecule has 3 heteroatoms. The van der Waals surface area contributed by atoms with E-state index in [1.54, 1.807) is 0 Å².